The second kappa shape index (κ2) is 5.06. The summed E-state index contributed by atoms with van der Waals surface area (Å²) in [4.78, 5) is 10.4. The van der Waals surface area contributed by atoms with Crippen molar-refractivity contribution < 1.29 is 10.0 Å². The summed E-state index contributed by atoms with van der Waals surface area (Å²) < 4.78 is 0. The molecule has 0 heterocycles. The van der Waals surface area contributed by atoms with Gasteiger partial charge in [-0.25, -0.2) is 0 Å². The van der Waals surface area contributed by atoms with Crippen molar-refractivity contribution in [3.05, 3.63) is 75.8 Å². The molecule has 1 saturated carbocycles. The van der Waals surface area contributed by atoms with Gasteiger partial charge in [0, 0.05) is 12.1 Å². The van der Waals surface area contributed by atoms with Crippen LogP contribution >= 0.6 is 0 Å². The fraction of sp³-hybridized carbons (Fsp3) is 0.250. The highest BCUT2D eigenvalue weighted by Crippen LogP contribution is 2.54. The molecule has 2 aromatic carbocycles. The van der Waals surface area contributed by atoms with Gasteiger partial charge in [-0.3, -0.25) is 10.1 Å². The standard InChI is InChI=1S/C16H15NO3/c18-16(11-5-2-1-3-6-11)15-10-14(15)12-7-4-8-13(9-12)17(19)20/h1-9,14-16,18H,10H2/t14-,15+,16?/m0/s1. The Balaban J connectivity index is 1.76. The lowest BCUT2D eigenvalue weighted by Gasteiger charge is -2.10. The molecule has 0 radical (unpaired) electrons. The minimum absolute atomic E-state index is 0.113. The lowest BCUT2D eigenvalue weighted by molar-refractivity contribution is -0.384. The summed E-state index contributed by atoms with van der Waals surface area (Å²) in [5.74, 6) is 0.365. The summed E-state index contributed by atoms with van der Waals surface area (Å²) in [5, 5.41) is 21.1. The molecular weight excluding hydrogens is 254 g/mol. The van der Waals surface area contributed by atoms with Gasteiger partial charge >= 0.3 is 0 Å². The molecule has 20 heavy (non-hydrogen) atoms. The predicted octanol–water partition coefficient (Wildman–Crippen LogP) is 3.43. The van der Waals surface area contributed by atoms with Crippen molar-refractivity contribution in [1.82, 2.24) is 0 Å². The van der Waals surface area contributed by atoms with E-state index in [-0.39, 0.29) is 22.4 Å². The Hall–Kier alpha value is -2.20. The molecule has 0 bridgehead atoms. The van der Waals surface area contributed by atoms with E-state index in [2.05, 4.69) is 0 Å². The Morgan fingerprint density at radius 2 is 1.90 bits per heavy atom. The molecule has 4 heteroatoms. The second-order valence-corrected chi connectivity index (χ2v) is 5.21. The molecule has 1 aliphatic rings. The summed E-state index contributed by atoms with van der Waals surface area (Å²) in [7, 11) is 0. The number of non-ortho nitro benzene ring substituents is 1. The number of aliphatic hydroxyl groups excluding tert-OH is 1. The first kappa shape index (κ1) is 12.8. The number of hydrogen-bond donors (Lipinski definition) is 1. The van der Waals surface area contributed by atoms with E-state index in [4.69, 9.17) is 0 Å². The van der Waals surface area contributed by atoms with E-state index in [1.54, 1.807) is 12.1 Å². The van der Waals surface area contributed by atoms with Gasteiger partial charge in [-0.2, -0.15) is 0 Å². The van der Waals surface area contributed by atoms with Gasteiger partial charge in [0.25, 0.3) is 5.69 Å². The van der Waals surface area contributed by atoms with Crippen LogP contribution in [0.25, 0.3) is 0 Å². The third-order valence-electron chi connectivity index (χ3n) is 3.90. The summed E-state index contributed by atoms with van der Waals surface area (Å²) in [6.07, 6.45) is 0.373. The second-order valence-electron chi connectivity index (χ2n) is 5.21. The number of nitro benzene ring substituents is 1. The lowest BCUT2D eigenvalue weighted by atomic mass is 10.0. The maximum atomic E-state index is 10.8. The summed E-state index contributed by atoms with van der Waals surface area (Å²) >= 11 is 0. The van der Waals surface area contributed by atoms with Gasteiger partial charge in [0.05, 0.1) is 11.0 Å². The predicted molar refractivity (Wildman–Crippen MR) is 75.3 cm³/mol. The van der Waals surface area contributed by atoms with Crippen LogP contribution in [0.3, 0.4) is 0 Å². The van der Waals surface area contributed by atoms with Gasteiger partial charge in [0.15, 0.2) is 0 Å². The molecule has 0 amide bonds. The smallest absolute Gasteiger partial charge is 0.269 e. The Morgan fingerprint density at radius 3 is 2.60 bits per heavy atom. The van der Waals surface area contributed by atoms with Gasteiger partial charge < -0.3 is 5.11 Å². The van der Waals surface area contributed by atoms with E-state index in [0.29, 0.717) is 0 Å². The number of hydrogen-bond acceptors (Lipinski definition) is 3. The largest absolute Gasteiger partial charge is 0.388 e. The van der Waals surface area contributed by atoms with Gasteiger partial charge in [-0.15, -0.1) is 0 Å². The maximum absolute atomic E-state index is 10.8. The number of nitrogens with zero attached hydrogens (tertiary/aromatic N) is 1. The molecule has 1 N–H and O–H groups in total. The minimum atomic E-state index is -0.500. The number of nitro groups is 1. The van der Waals surface area contributed by atoms with E-state index in [1.807, 2.05) is 36.4 Å². The van der Waals surface area contributed by atoms with Crippen LogP contribution in [0, 0.1) is 16.0 Å². The molecule has 102 valence electrons. The summed E-state index contributed by atoms with van der Waals surface area (Å²) in [5.41, 5.74) is 1.96. The molecule has 3 rings (SSSR count). The molecular formula is C16H15NO3. The number of aliphatic hydroxyl groups is 1. The van der Waals surface area contributed by atoms with Crippen molar-refractivity contribution in [3.63, 3.8) is 0 Å². The van der Waals surface area contributed by atoms with E-state index in [1.165, 1.54) is 6.07 Å². The first-order valence-corrected chi connectivity index (χ1v) is 6.64. The van der Waals surface area contributed by atoms with Crippen molar-refractivity contribution in [2.24, 2.45) is 5.92 Å². The van der Waals surface area contributed by atoms with Crippen LogP contribution < -0.4 is 0 Å². The van der Waals surface area contributed by atoms with Crippen molar-refractivity contribution in [3.8, 4) is 0 Å². The zero-order chi connectivity index (χ0) is 14.1. The zero-order valence-electron chi connectivity index (χ0n) is 10.8. The molecule has 4 nitrogen and oxygen atoms in total. The van der Waals surface area contributed by atoms with Gasteiger partial charge in [0.1, 0.15) is 0 Å². The average Bonchev–Trinajstić information content (AvgIpc) is 3.28. The monoisotopic (exact) mass is 269 g/mol. The van der Waals surface area contributed by atoms with Crippen LogP contribution in [-0.4, -0.2) is 10.0 Å². The van der Waals surface area contributed by atoms with Crippen molar-refractivity contribution in [2.45, 2.75) is 18.4 Å². The first-order valence-electron chi connectivity index (χ1n) is 6.64. The molecule has 2 aromatic rings. The zero-order valence-corrected chi connectivity index (χ0v) is 10.8. The molecule has 3 atom stereocenters. The topological polar surface area (TPSA) is 63.4 Å². The molecule has 1 unspecified atom stereocenters. The van der Waals surface area contributed by atoms with Crippen LogP contribution in [0.5, 0.6) is 0 Å². The number of rotatable bonds is 4. The molecule has 0 aliphatic heterocycles. The Morgan fingerprint density at radius 1 is 1.15 bits per heavy atom. The fourth-order valence-electron chi connectivity index (χ4n) is 2.71. The van der Waals surface area contributed by atoms with E-state index in [9.17, 15) is 15.2 Å². The van der Waals surface area contributed by atoms with Crippen LogP contribution in [-0.2, 0) is 0 Å². The van der Waals surface area contributed by atoms with Crippen LogP contribution in [0.15, 0.2) is 54.6 Å². The SMILES string of the molecule is O=[N+]([O-])c1cccc([C@@H]2C[C@H]2C(O)c2ccccc2)c1. The van der Waals surface area contributed by atoms with Gasteiger partial charge in [0.2, 0.25) is 0 Å². The van der Waals surface area contributed by atoms with E-state index < -0.39 is 6.10 Å². The van der Waals surface area contributed by atoms with Crippen molar-refractivity contribution in [2.75, 3.05) is 0 Å². The Kier molecular flexibility index (Phi) is 3.24. The quantitative estimate of drug-likeness (QED) is 0.683. The Bertz CT molecular complexity index is 627. The molecule has 0 saturated heterocycles. The molecule has 1 fully saturated rings. The van der Waals surface area contributed by atoms with Crippen LogP contribution in [0.2, 0.25) is 0 Å². The van der Waals surface area contributed by atoms with Crippen molar-refractivity contribution in [1.29, 1.82) is 0 Å². The molecule has 0 spiro atoms. The lowest BCUT2D eigenvalue weighted by Crippen LogP contribution is -2.01. The first-order chi connectivity index (χ1) is 9.66. The fourth-order valence-corrected chi connectivity index (χ4v) is 2.71. The molecule has 1 aliphatic carbocycles. The highest BCUT2D eigenvalue weighted by Gasteiger charge is 2.44. The summed E-state index contributed by atoms with van der Waals surface area (Å²) in [6.45, 7) is 0. The summed E-state index contributed by atoms with van der Waals surface area (Å²) in [6, 6.07) is 16.3. The third kappa shape index (κ3) is 2.42. The molecule has 0 aromatic heterocycles. The van der Waals surface area contributed by atoms with Gasteiger partial charge in [-0.05, 0) is 29.4 Å². The Labute approximate surface area is 116 Å². The van der Waals surface area contributed by atoms with E-state index in [0.717, 1.165) is 17.5 Å². The third-order valence-corrected chi connectivity index (χ3v) is 3.90. The maximum Gasteiger partial charge on any atom is 0.269 e. The highest BCUT2D eigenvalue weighted by atomic mass is 16.6. The normalized spacial score (nSPS) is 22.2. The van der Waals surface area contributed by atoms with Crippen molar-refractivity contribution >= 4 is 5.69 Å². The minimum Gasteiger partial charge on any atom is -0.388 e. The van der Waals surface area contributed by atoms with Crippen LogP contribution in [0.4, 0.5) is 5.69 Å². The average molecular weight is 269 g/mol. The van der Waals surface area contributed by atoms with E-state index >= 15 is 0 Å². The number of benzene rings is 2. The van der Waals surface area contributed by atoms with Gasteiger partial charge in [-0.1, -0.05) is 42.5 Å². The highest BCUT2D eigenvalue weighted by molar-refractivity contribution is 5.39. The van der Waals surface area contributed by atoms with Crippen LogP contribution in [0.1, 0.15) is 29.6 Å².